The van der Waals surface area contributed by atoms with Crippen LogP contribution in [0.15, 0.2) is 58.5 Å². The molecule has 1 amide bonds. The molecule has 0 saturated carbocycles. The van der Waals surface area contributed by atoms with Gasteiger partial charge < -0.3 is 5.32 Å². The standard InChI is InChI=1S/C19H12F3N5O2S/c20-11-3-1-10(2-4-11)14-8-16-18(29)24-25-19(27(16)26-14)30-9-17(28)23-15-7-12(21)5-6-13(15)22/h1-8H,9H2,(H,23,28)(H,24,29). The molecule has 2 aromatic carbocycles. The number of H-pyrrole nitrogens is 1. The van der Waals surface area contributed by atoms with E-state index in [1.165, 1.54) is 34.8 Å². The third-order valence-electron chi connectivity index (χ3n) is 4.05. The molecule has 0 bridgehead atoms. The lowest BCUT2D eigenvalue weighted by Gasteiger charge is -2.06. The minimum Gasteiger partial charge on any atom is -0.323 e. The van der Waals surface area contributed by atoms with E-state index in [1.807, 2.05) is 0 Å². The highest BCUT2D eigenvalue weighted by molar-refractivity contribution is 7.99. The molecule has 0 atom stereocenters. The Kier molecular flexibility index (Phi) is 5.27. The molecular weight excluding hydrogens is 419 g/mol. The van der Waals surface area contributed by atoms with Gasteiger partial charge in [0.2, 0.25) is 11.1 Å². The number of halogens is 3. The highest BCUT2D eigenvalue weighted by Gasteiger charge is 2.15. The van der Waals surface area contributed by atoms with Crippen molar-refractivity contribution in [3.8, 4) is 11.3 Å². The Balaban J connectivity index is 1.56. The SMILES string of the molecule is O=C(CSc1n[nH]c(=O)c2cc(-c3ccc(F)cc3)nn12)Nc1cc(F)ccc1F. The molecule has 0 saturated heterocycles. The van der Waals surface area contributed by atoms with E-state index in [2.05, 4.69) is 20.6 Å². The number of anilines is 1. The highest BCUT2D eigenvalue weighted by atomic mass is 32.2. The molecule has 0 aliphatic rings. The second-order valence-electron chi connectivity index (χ2n) is 6.13. The Bertz CT molecular complexity index is 1300. The van der Waals surface area contributed by atoms with Gasteiger partial charge in [0.05, 0.1) is 17.1 Å². The Morgan fingerprint density at radius 2 is 1.80 bits per heavy atom. The summed E-state index contributed by atoms with van der Waals surface area (Å²) < 4.78 is 41.3. The van der Waals surface area contributed by atoms with Gasteiger partial charge in [0, 0.05) is 11.6 Å². The Morgan fingerprint density at radius 1 is 1.07 bits per heavy atom. The minimum absolute atomic E-state index is 0.184. The van der Waals surface area contributed by atoms with E-state index < -0.39 is 28.9 Å². The van der Waals surface area contributed by atoms with Crippen LogP contribution in [0.4, 0.5) is 18.9 Å². The molecule has 11 heteroatoms. The maximum absolute atomic E-state index is 13.7. The summed E-state index contributed by atoms with van der Waals surface area (Å²) in [6.45, 7) is 0. The summed E-state index contributed by atoms with van der Waals surface area (Å²) in [5.41, 5.74) is 0.421. The van der Waals surface area contributed by atoms with Gasteiger partial charge >= 0.3 is 0 Å². The van der Waals surface area contributed by atoms with Crippen LogP contribution in [-0.2, 0) is 4.79 Å². The van der Waals surface area contributed by atoms with Crippen molar-refractivity contribution in [2.45, 2.75) is 5.16 Å². The number of amides is 1. The predicted molar refractivity (Wildman–Crippen MR) is 105 cm³/mol. The Morgan fingerprint density at radius 3 is 2.57 bits per heavy atom. The molecule has 2 aromatic heterocycles. The second-order valence-corrected chi connectivity index (χ2v) is 7.07. The highest BCUT2D eigenvalue weighted by Crippen LogP contribution is 2.22. The van der Waals surface area contributed by atoms with Gasteiger partial charge in [0.15, 0.2) is 0 Å². The van der Waals surface area contributed by atoms with Gasteiger partial charge in [-0.25, -0.2) is 22.8 Å². The number of nitrogens with zero attached hydrogens (tertiary/aromatic N) is 3. The minimum atomic E-state index is -0.768. The van der Waals surface area contributed by atoms with Crippen LogP contribution in [0.25, 0.3) is 16.8 Å². The fraction of sp³-hybridized carbons (Fsp3) is 0.0526. The van der Waals surface area contributed by atoms with Gasteiger partial charge in [0.1, 0.15) is 23.0 Å². The van der Waals surface area contributed by atoms with Crippen molar-refractivity contribution in [1.82, 2.24) is 19.8 Å². The predicted octanol–water partition coefficient (Wildman–Crippen LogP) is 3.23. The van der Waals surface area contributed by atoms with Crippen LogP contribution in [0.5, 0.6) is 0 Å². The van der Waals surface area contributed by atoms with Crippen LogP contribution >= 0.6 is 11.8 Å². The van der Waals surface area contributed by atoms with Crippen LogP contribution in [-0.4, -0.2) is 31.5 Å². The molecule has 4 rings (SSSR count). The van der Waals surface area contributed by atoms with E-state index >= 15 is 0 Å². The molecule has 152 valence electrons. The number of rotatable bonds is 5. The quantitative estimate of drug-likeness (QED) is 0.474. The van der Waals surface area contributed by atoms with E-state index in [1.54, 1.807) is 0 Å². The van der Waals surface area contributed by atoms with Gasteiger partial charge in [-0.05, 0) is 42.5 Å². The summed E-state index contributed by atoms with van der Waals surface area (Å²) in [6.07, 6.45) is 0. The van der Waals surface area contributed by atoms with Gasteiger partial charge in [-0.2, -0.15) is 5.10 Å². The number of hydrogen-bond acceptors (Lipinski definition) is 5. The first kappa shape index (κ1) is 19.7. The molecule has 0 aliphatic carbocycles. The van der Waals surface area contributed by atoms with Crippen molar-refractivity contribution in [1.29, 1.82) is 0 Å². The average molecular weight is 431 g/mol. The Hall–Kier alpha value is -3.60. The summed E-state index contributed by atoms with van der Waals surface area (Å²) in [7, 11) is 0. The molecule has 0 radical (unpaired) electrons. The monoisotopic (exact) mass is 431 g/mol. The second kappa shape index (κ2) is 8.03. The van der Waals surface area contributed by atoms with E-state index in [0.717, 1.165) is 30.0 Å². The van der Waals surface area contributed by atoms with Crippen LogP contribution in [0.3, 0.4) is 0 Å². The molecule has 0 spiro atoms. The van der Waals surface area contributed by atoms with Crippen molar-refractivity contribution in [3.63, 3.8) is 0 Å². The maximum Gasteiger partial charge on any atom is 0.290 e. The van der Waals surface area contributed by atoms with E-state index in [9.17, 15) is 22.8 Å². The van der Waals surface area contributed by atoms with Crippen LogP contribution in [0.2, 0.25) is 0 Å². The van der Waals surface area contributed by atoms with E-state index in [-0.39, 0.29) is 22.1 Å². The molecule has 4 aromatic rings. The summed E-state index contributed by atoms with van der Waals surface area (Å²) in [4.78, 5) is 24.2. The lowest BCUT2D eigenvalue weighted by Crippen LogP contribution is -2.17. The molecule has 0 aliphatic heterocycles. The third kappa shape index (κ3) is 4.06. The van der Waals surface area contributed by atoms with E-state index in [4.69, 9.17) is 0 Å². The number of carbonyl (C=O) groups excluding carboxylic acids is 1. The van der Waals surface area contributed by atoms with Gasteiger partial charge in [-0.1, -0.05) is 11.8 Å². The van der Waals surface area contributed by atoms with Crippen molar-refractivity contribution >= 4 is 28.9 Å². The molecule has 7 nitrogen and oxygen atoms in total. The number of benzene rings is 2. The fourth-order valence-corrected chi connectivity index (χ4v) is 3.36. The van der Waals surface area contributed by atoms with Crippen molar-refractivity contribution < 1.29 is 18.0 Å². The number of hydrogen-bond donors (Lipinski definition) is 2. The Labute approximate surface area is 170 Å². The number of aromatic nitrogens is 4. The summed E-state index contributed by atoms with van der Waals surface area (Å²) >= 11 is 0.938. The van der Waals surface area contributed by atoms with Gasteiger partial charge in [-0.15, -0.1) is 5.10 Å². The molecule has 30 heavy (non-hydrogen) atoms. The molecule has 2 heterocycles. The van der Waals surface area contributed by atoms with Crippen LogP contribution < -0.4 is 10.9 Å². The van der Waals surface area contributed by atoms with Crippen molar-refractivity contribution in [2.75, 3.05) is 11.1 Å². The van der Waals surface area contributed by atoms with E-state index in [0.29, 0.717) is 11.3 Å². The summed E-state index contributed by atoms with van der Waals surface area (Å²) in [5, 5.41) is 13.0. The smallest absolute Gasteiger partial charge is 0.290 e. The lowest BCUT2D eigenvalue weighted by molar-refractivity contribution is -0.113. The molecule has 0 fully saturated rings. The molecule has 2 N–H and O–H groups in total. The van der Waals surface area contributed by atoms with Crippen LogP contribution in [0.1, 0.15) is 0 Å². The number of nitrogens with one attached hydrogen (secondary N) is 2. The summed E-state index contributed by atoms with van der Waals surface area (Å²) in [5.74, 6) is -2.66. The first-order chi connectivity index (χ1) is 14.4. The number of aromatic amines is 1. The first-order valence-electron chi connectivity index (χ1n) is 8.53. The van der Waals surface area contributed by atoms with Gasteiger partial charge in [-0.3, -0.25) is 9.59 Å². The normalized spacial score (nSPS) is 11.0. The third-order valence-corrected chi connectivity index (χ3v) is 4.98. The molecule has 0 unspecified atom stereocenters. The average Bonchev–Trinajstić information content (AvgIpc) is 3.17. The lowest BCUT2D eigenvalue weighted by atomic mass is 10.1. The summed E-state index contributed by atoms with van der Waals surface area (Å²) in [6, 6.07) is 9.82. The molecular formula is C19H12F3N5O2S. The first-order valence-corrected chi connectivity index (χ1v) is 9.51. The number of fused-ring (bicyclic) bond motifs is 1. The maximum atomic E-state index is 13.7. The topological polar surface area (TPSA) is 92.2 Å². The zero-order chi connectivity index (χ0) is 21.3. The van der Waals surface area contributed by atoms with Crippen molar-refractivity contribution in [2.24, 2.45) is 0 Å². The number of carbonyl (C=O) groups is 1. The zero-order valence-corrected chi connectivity index (χ0v) is 15.8. The largest absolute Gasteiger partial charge is 0.323 e. The fourth-order valence-electron chi connectivity index (χ4n) is 2.66. The van der Waals surface area contributed by atoms with Gasteiger partial charge in [0.25, 0.3) is 5.56 Å². The van der Waals surface area contributed by atoms with Crippen LogP contribution in [0, 0.1) is 17.5 Å². The zero-order valence-electron chi connectivity index (χ0n) is 15.0. The van der Waals surface area contributed by atoms with Crippen molar-refractivity contribution in [3.05, 3.63) is 76.3 Å². The number of thioether (sulfide) groups is 1.